The van der Waals surface area contributed by atoms with Gasteiger partial charge in [-0.25, -0.2) is 10.3 Å². The fourth-order valence-corrected chi connectivity index (χ4v) is 5.08. The molecule has 0 bridgehead atoms. The van der Waals surface area contributed by atoms with E-state index in [1.165, 1.54) is 0 Å². The number of ether oxygens (including phenoxy) is 1. The van der Waals surface area contributed by atoms with Crippen molar-refractivity contribution in [3.05, 3.63) is 48.2 Å². The van der Waals surface area contributed by atoms with Crippen molar-refractivity contribution in [3.63, 3.8) is 0 Å². The zero-order valence-electron chi connectivity index (χ0n) is 22.2. The molecule has 3 heterocycles. The van der Waals surface area contributed by atoms with Gasteiger partial charge in [-0.15, -0.1) is 0 Å². The molecule has 0 aliphatic carbocycles. The van der Waals surface area contributed by atoms with Crippen molar-refractivity contribution in [2.45, 2.75) is 76.5 Å². The molecule has 38 heavy (non-hydrogen) atoms. The van der Waals surface area contributed by atoms with E-state index < -0.39 is 18.2 Å². The van der Waals surface area contributed by atoms with Gasteiger partial charge >= 0.3 is 0 Å². The van der Waals surface area contributed by atoms with E-state index in [2.05, 4.69) is 27.9 Å². The van der Waals surface area contributed by atoms with Crippen LogP contribution in [0.5, 0.6) is 0 Å². The van der Waals surface area contributed by atoms with Crippen molar-refractivity contribution in [1.29, 1.82) is 0 Å². The van der Waals surface area contributed by atoms with Gasteiger partial charge < -0.3 is 19.9 Å². The van der Waals surface area contributed by atoms with Gasteiger partial charge in [-0.05, 0) is 56.6 Å². The zero-order chi connectivity index (χ0) is 26.7. The van der Waals surface area contributed by atoms with Crippen molar-refractivity contribution in [2.24, 2.45) is 5.92 Å². The average molecular weight is 525 g/mol. The van der Waals surface area contributed by atoms with E-state index in [0.717, 1.165) is 61.4 Å². The van der Waals surface area contributed by atoms with Gasteiger partial charge in [0.1, 0.15) is 6.04 Å². The first-order valence-corrected chi connectivity index (χ1v) is 13.8. The molecule has 2 unspecified atom stereocenters. The van der Waals surface area contributed by atoms with Crippen molar-refractivity contribution < 1.29 is 24.0 Å². The van der Waals surface area contributed by atoms with Gasteiger partial charge in [-0.2, -0.15) is 0 Å². The lowest BCUT2D eigenvalue weighted by Gasteiger charge is -2.27. The van der Waals surface area contributed by atoms with Gasteiger partial charge in [0, 0.05) is 62.5 Å². The number of H-pyrrole nitrogens is 1. The monoisotopic (exact) mass is 524 g/mol. The first-order chi connectivity index (χ1) is 18.5. The van der Waals surface area contributed by atoms with Crippen molar-refractivity contribution in [1.82, 2.24) is 20.7 Å². The Morgan fingerprint density at radius 2 is 1.92 bits per heavy atom. The molecule has 3 atom stereocenters. The lowest BCUT2D eigenvalue weighted by atomic mass is 9.95. The molecule has 1 aromatic heterocycles. The standard InChI is InChI=1S/C29H40N4O5/c1-33-16-10-5-3-2-4-6-12-21(19-26(34)32-38-27-15-9-11-17-37-27)28(35)31-25(29(33)36)18-22-20-30-24-14-8-7-13-23(22)24/h2-3,7-8,13-14,20-21,25,27,30H,4-6,9-12,15-19H2,1H3,(H,31,35)(H,32,34)/t21?,25?,27-/m0/s1. The molecule has 2 aliphatic heterocycles. The number of benzene rings is 1. The maximum atomic E-state index is 13.5. The van der Waals surface area contributed by atoms with E-state index in [0.29, 0.717) is 26.0 Å². The first-order valence-electron chi connectivity index (χ1n) is 13.8. The molecule has 4 rings (SSSR count). The zero-order valence-corrected chi connectivity index (χ0v) is 22.2. The molecule has 0 radical (unpaired) electrons. The Kier molecular flexibility index (Phi) is 10.3. The molecule has 0 spiro atoms. The third kappa shape index (κ3) is 7.91. The number of aromatic nitrogens is 1. The number of hydrogen-bond donors (Lipinski definition) is 3. The smallest absolute Gasteiger partial charge is 0.245 e. The molecule has 3 N–H and O–H groups in total. The largest absolute Gasteiger partial charge is 0.361 e. The molecular formula is C29H40N4O5. The topological polar surface area (TPSA) is 113 Å². The summed E-state index contributed by atoms with van der Waals surface area (Å²) in [6.07, 6.45) is 12.6. The first kappa shape index (κ1) is 27.9. The van der Waals surface area contributed by atoms with Crippen LogP contribution in [0.25, 0.3) is 10.9 Å². The van der Waals surface area contributed by atoms with E-state index in [1.807, 2.05) is 30.5 Å². The van der Waals surface area contributed by atoms with Gasteiger partial charge in [0.05, 0.1) is 0 Å². The quantitative estimate of drug-likeness (QED) is 0.394. The summed E-state index contributed by atoms with van der Waals surface area (Å²) in [6, 6.07) is 7.18. The minimum Gasteiger partial charge on any atom is -0.361 e. The highest BCUT2D eigenvalue weighted by atomic mass is 16.8. The maximum Gasteiger partial charge on any atom is 0.245 e. The van der Waals surface area contributed by atoms with Crippen LogP contribution in [0.3, 0.4) is 0 Å². The number of nitrogens with one attached hydrogen (secondary N) is 3. The van der Waals surface area contributed by atoms with E-state index >= 15 is 0 Å². The molecular weight excluding hydrogens is 484 g/mol. The summed E-state index contributed by atoms with van der Waals surface area (Å²) in [6.45, 7) is 1.22. The lowest BCUT2D eigenvalue weighted by molar-refractivity contribution is -0.200. The number of fused-ring (bicyclic) bond motifs is 1. The minimum absolute atomic E-state index is 0.0217. The summed E-state index contributed by atoms with van der Waals surface area (Å²) in [5.41, 5.74) is 4.42. The summed E-state index contributed by atoms with van der Waals surface area (Å²) in [5.74, 6) is -1.37. The van der Waals surface area contributed by atoms with Crippen molar-refractivity contribution in [3.8, 4) is 0 Å². The van der Waals surface area contributed by atoms with Crippen LogP contribution < -0.4 is 10.8 Å². The van der Waals surface area contributed by atoms with Crippen LogP contribution in [0, 0.1) is 5.92 Å². The number of likely N-dealkylation sites (N-methyl/N-ethyl adjacent to an activating group) is 1. The predicted molar refractivity (Wildman–Crippen MR) is 145 cm³/mol. The fourth-order valence-electron chi connectivity index (χ4n) is 5.08. The van der Waals surface area contributed by atoms with E-state index in [-0.39, 0.29) is 24.1 Å². The summed E-state index contributed by atoms with van der Waals surface area (Å²) < 4.78 is 5.50. The number of nitrogens with zero attached hydrogens (tertiary/aromatic N) is 1. The molecule has 9 nitrogen and oxygen atoms in total. The molecule has 3 amide bonds. The van der Waals surface area contributed by atoms with Crippen molar-refractivity contribution >= 4 is 28.6 Å². The van der Waals surface area contributed by atoms with Crippen LogP contribution in [0.4, 0.5) is 0 Å². The number of carbonyl (C=O) groups is 3. The molecule has 2 aromatic rings. The Morgan fingerprint density at radius 3 is 2.74 bits per heavy atom. The Bertz CT molecular complexity index is 1110. The van der Waals surface area contributed by atoms with E-state index in [9.17, 15) is 14.4 Å². The average Bonchev–Trinajstić information content (AvgIpc) is 3.34. The van der Waals surface area contributed by atoms with Gasteiger partial charge in [0.2, 0.25) is 17.7 Å². The number of carbonyl (C=O) groups excluding carboxylic acids is 3. The molecule has 206 valence electrons. The highest BCUT2D eigenvalue weighted by Crippen LogP contribution is 2.21. The van der Waals surface area contributed by atoms with Gasteiger partial charge in [-0.1, -0.05) is 30.4 Å². The summed E-state index contributed by atoms with van der Waals surface area (Å²) in [4.78, 5) is 50.1. The molecule has 2 aliphatic rings. The Hall–Kier alpha value is -3.17. The second kappa shape index (κ2) is 14.1. The number of aromatic amines is 1. The fraction of sp³-hybridized carbons (Fsp3) is 0.552. The molecule has 9 heteroatoms. The molecule has 1 aromatic carbocycles. The number of amides is 3. The Labute approximate surface area is 224 Å². The maximum absolute atomic E-state index is 13.5. The predicted octanol–water partition coefficient (Wildman–Crippen LogP) is 3.75. The van der Waals surface area contributed by atoms with Gasteiger partial charge in [0.15, 0.2) is 6.29 Å². The minimum atomic E-state index is -0.734. The Morgan fingerprint density at radius 1 is 1.11 bits per heavy atom. The number of allylic oxidation sites excluding steroid dienone is 2. The van der Waals surface area contributed by atoms with Crippen LogP contribution >= 0.6 is 0 Å². The van der Waals surface area contributed by atoms with E-state index in [4.69, 9.17) is 9.57 Å². The number of para-hydroxylation sites is 1. The Balaban J connectivity index is 1.48. The highest BCUT2D eigenvalue weighted by molar-refractivity contribution is 5.91. The normalized spacial score (nSPS) is 24.1. The van der Waals surface area contributed by atoms with E-state index in [1.54, 1.807) is 11.9 Å². The number of hydrogen-bond acceptors (Lipinski definition) is 5. The number of hydroxylamine groups is 1. The second-order valence-corrected chi connectivity index (χ2v) is 10.3. The lowest BCUT2D eigenvalue weighted by Crippen LogP contribution is -2.50. The third-order valence-corrected chi connectivity index (χ3v) is 7.29. The number of rotatable bonds is 6. The van der Waals surface area contributed by atoms with Gasteiger partial charge in [-0.3, -0.25) is 14.4 Å². The van der Waals surface area contributed by atoms with Crippen LogP contribution in [0.1, 0.15) is 63.4 Å². The molecule has 1 fully saturated rings. The van der Waals surface area contributed by atoms with Crippen LogP contribution in [0.15, 0.2) is 42.6 Å². The van der Waals surface area contributed by atoms with Crippen LogP contribution in [-0.4, -0.2) is 60.1 Å². The summed E-state index contributed by atoms with van der Waals surface area (Å²) >= 11 is 0. The summed E-state index contributed by atoms with van der Waals surface area (Å²) in [5, 5.41) is 4.03. The van der Waals surface area contributed by atoms with Crippen molar-refractivity contribution in [2.75, 3.05) is 20.2 Å². The molecule has 0 saturated carbocycles. The van der Waals surface area contributed by atoms with Gasteiger partial charge in [0.25, 0.3) is 0 Å². The summed E-state index contributed by atoms with van der Waals surface area (Å²) in [7, 11) is 1.78. The molecule has 1 saturated heterocycles. The second-order valence-electron chi connectivity index (χ2n) is 10.3. The SMILES string of the molecule is CN1CCCC=CCCCC(CC(=O)NO[C@H]2CCCCO2)C(=O)NC(Cc2c[nH]c3ccccc23)C1=O. The third-order valence-electron chi connectivity index (χ3n) is 7.29. The highest BCUT2D eigenvalue weighted by Gasteiger charge is 2.30. The van der Waals surface area contributed by atoms with Crippen LogP contribution in [0.2, 0.25) is 0 Å². The van der Waals surface area contributed by atoms with Crippen LogP contribution in [-0.2, 0) is 30.4 Å².